The molecule has 0 unspecified atom stereocenters. The van der Waals surface area contributed by atoms with Crippen LogP contribution in [0, 0.1) is 13.8 Å². The van der Waals surface area contributed by atoms with Crippen molar-refractivity contribution in [3.63, 3.8) is 0 Å². The summed E-state index contributed by atoms with van der Waals surface area (Å²) in [6.07, 6.45) is 0. The number of rotatable bonds is 3. The van der Waals surface area contributed by atoms with Gasteiger partial charge >= 0.3 is 0 Å². The monoisotopic (exact) mass is 282 g/mol. The zero-order valence-electron chi connectivity index (χ0n) is 12.4. The number of anilines is 2. The van der Waals surface area contributed by atoms with E-state index in [1.807, 2.05) is 20.0 Å². The van der Waals surface area contributed by atoms with E-state index in [-0.39, 0.29) is 5.95 Å². The van der Waals surface area contributed by atoms with Gasteiger partial charge in [0.1, 0.15) is 5.82 Å². The Morgan fingerprint density at radius 1 is 1.14 bits per heavy atom. The van der Waals surface area contributed by atoms with E-state index in [1.165, 1.54) is 11.1 Å². The molecule has 6 nitrogen and oxygen atoms in total. The van der Waals surface area contributed by atoms with Crippen molar-refractivity contribution >= 4 is 17.5 Å². The van der Waals surface area contributed by atoms with Gasteiger partial charge in [0.15, 0.2) is 0 Å². The van der Waals surface area contributed by atoms with Crippen LogP contribution in [-0.4, -0.2) is 26.6 Å². The molecule has 0 aliphatic carbocycles. The average molecular weight is 282 g/mol. The number of nitrogen functional groups attached to an aromatic ring is 1. The minimum Gasteiger partial charge on any atom is -0.366 e. The lowest BCUT2D eigenvalue weighted by atomic mass is 10.1. The van der Waals surface area contributed by atoms with Crippen LogP contribution in [0.5, 0.6) is 0 Å². The highest BCUT2D eigenvalue weighted by Gasteiger charge is 2.12. The third-order valence-corrected chi connectivity index (χ3v) is 3.37. The number of aromatic nitrogens is 4. The van der Waals surface area contributed by atoms with Crippen LogP contribution in [0.15, 0.2) is 30.3 Å². The van der Waals surface area contributed by atoms with Crippen molar-refractivity contribution < 1.29 is 0 Å². The molecule has 0 saturated carbocycles. The molecule has 108 valence electrons. The Balaban J connectivity index is 1.97. The molecule has 3 rings (SSSR count). The number of hydrogen-bond donors (Lipinski definition) is 1. The maximum Gasteiger partial charge on any atom is 0.256 e. The maximum atomic E-state index is 5.68. The minimum atomic E-state index is 0.234. The number of nitrogens with zero attached hydrogens (tertiary/aromatic N) is 5. The van der Waals surface area contributed by atoms with Gasteiger partial charge in [-0.3, -0.25) is 0 Å². The maximum absolute atomic E-state index is 5.68. The molecule has 21 heavy (non-hydrogen) atoms. The molecule has 0 atom stereocenters. The highest BCUT2D eigenvalue weighted by atomic mass is 15.4. The van der Waals surface area contributed by atoms with Crippen LogP contribution in [0.4, 0.5) is 11.8 Å². The van der Waals surface area contributed by atoms with E-state index < -0.39 is 0 Å². The zero-order valence-corrected chi connectivity index (χ0v) is 12.4. The zero-order chi connectivity index (χ0) is 15.0. The second-order valence-corrected chi connectivity index (χ2v) is 5.28. The predicted molar refractivity (Wildman–Crippen MR) is 83.2 cm³/mol. The van der Waals surface area contributed by atoms with Gasteiger partial charge < -0.3 is 10.6 Å². The van der Waals surface area contributed by atoms with Crippen LogP contribution in [0.25, 0.3) is 5.78 Å². The van der Waals surface area contributed by atoms with Gasteiger partial charge in [-0.15, -0.1) is 5.10 Å². The number of aryl methyl sites for hydroxylation is 2. The van der Waals surface area contributed by atoms with Crippen LogP contribution in [0.1, 0.15) is 16.8 Å². The third kappa shape index (κ3) is 2.65. The van der Waals surface area contributed by atoms with Gasteiger partial charge in [-0.25, -0.2) is 4.98 Å². The number of nitrogens with two attached hydrogens (primary N) is 1. The summed E-state index contributed by atoms with van der Waals surface area (Å²) in [4.78, 5) is 10.6. The van der Waals surface area contributed by atoms with Crippen molar-refractivity contribution in [1.29, 1.82) is 0 Å². The first kappa shape index (κ1) is 13.4. The highest BCUT2D eigenvalue weighted by Crippen LogP contribution is 2.18. The number of fused-ring (bicyclic) bond motifs is 1. The molecule has 0 aliphatic heterocycles. The first-order chi connectivity index (χ1) is 10.0. The van der Waals surface area contributed by atoms with Crippen LogP contribution < -0.4 is 10.6 Å². The molecule has 2 N–H and O–H groups in total. The van der Waals surface area contributed by atoms with E-state index in [0.29, 0.717) is 5.78 Å². The van der Waals surface area contributed by atoms with Gasteiger partial charge in [0.2, 0.25) is 5.95 Å². The van der Waals surface area contributed by atoms with Crippen molar-refractivity contribution in [2.45, 2.75) is 20.4 Å². The van der Waals surface area contributed by atoms with Crippen molar-refractivity contribution in [3.05, 3.63) is 47.2 Å². The fourth-order valence-corrected chi connectivity index (χ4v) is 2.30. The lowest BCUT2D eigenvalue weighted by Crippen LogP contribution is -2.20. The molecule has 3 aromatic rings. The molecule has 0 bridgehead atoms. The SMILES string of the molecule is Cc1ccc(CN(C)c2cc(C)nc3nc(N)nn23)cc1. The van der Waals surface area contributed by atoms with E-state index in [0.717, 1.165) is 18.1 Å². The Kier molecular flexibility index (Phi) is 3.21. The Morgan fingerprint density at radius 3 is 2.57 bits per heavy atom. The Morgan fingerprint density at radius 2 is 1.86 bits per heavy atom. The molecular formula is C15H18N6. The van der Waals surface area contributed by atoms with Gasteiger partial charge in [-0.1, -0.05) is 29.8 Å². The Hall–Kier alpha value is -2.63. The van der Waals surface area contributed by atoms with Crippen LogP contribution in [0.2, 0.25) is 0 Å². The van der Waals surface area contributed by atoms with Gasteiger partial charge in [-0.2, -0.15) is 9.50 Å². The molecule has 0 saturated heterocycles. The summed E-state index contributed by atoms with van der Waals surface area (Å²) >= 11 is 0. The number of hydrogen-bond acceptors (Lipinski definition) is 5. The Labute approximate surface area is 123 Å². The van der Waals surface area contributed by atoms with Crippen molar-refractivity contribution in [3.8, 4) is 0 Å². The molecule has 0 aliphatic rings. The van der Waals surface area contributed by atoms with Crippen LogP contribution in [-0.2, 0) is 6.54 Å². The smallest absolute Gasteiger partial charge is 0.256 e. The first-order valence-corrected chi connectivity index (χ1v) is 6.79. The summed E-state index contributed by atoms with van der Waals surface area (Å²) in [6.45, 7) is 4.80. The summed E-state index contributed by atoms with van der Waals surface area (Å²) in [5.74, 6) is 1.68. The average Bonchev–Trinajstić information content (AvgIpc) is 2.80. The molecular weight excluding hydrogens is 264 g/mol. The number of benzene rings is 1. The van der Waals surface area contributed by atoms with Gasteiger partial charge in [0.25, 0.3) is 5.78 Å². The molecule has 2 aromatic heterocycles. The van der Waals surface area contributed by atoms with E-state index in [4.69, 9.17) is 5.73 Å². The Bertz CT molecular complexity index is 775. The lowest BCUT2D eigenvalue weighted by molar-refractivity contribution is 0.829. The standard InChI is InChI=1S/C15H18N6/c1-10-4-6-12(7-5-10)9-20(3)13-8-11(2)17-15-18-14(16)19-21(13)15/h4-8H,9H2,1-3H3,(H2,16,19). The molecule has 0 radical (unpaired) electrons. The van der Waals surface area contributed by atoms with E-state index in [1.54, 1.807) is 4.52 Å². The van der Waals surface area contributed by atoms with Crippen molar-refractivity contribution in [1.82, 2.24) is 19.6 Å². The van der Waals surface area contributed by atoms with E-state index in [2.05, 4.69) is 51.2 Å². The molecule has 1 aromatic carbocycles. The summed E-state index contributed by atoms with van der Waals surface area (Å²) < 4.78 is 1.68. The minimum absolute atomic E-state index is 0.234. The van der Waals surface area contributed by atoms with Crippen LogP contribution in [0.3, 0.4) is 0 Å². The van der Waals surface area contributed by atoms with Crippen molar-refractivity contribution in [2.75, 3.05) is 17.7 Å². The third-order valence-electron chi connectivity index (χ3n) is 3.37. The summed E-state index contributed by atoms with van der Waals surface area (Å²) in [5, 5.41) is 4.21. The lowest BCUT2D eigenvalue weighted by Gasteiger charge is -2.20. The molecule has 6 heteroatoms. The summed E-state index contributed by atoms with van der Waals surface area (Å²) in [7, 11) is 2.02. The van der Waals surface area contributed by atoms with E-state index >= 15 is 0 Å². The van der Waals surface area contributed by atoms with E-state index in [9.17, 15) is 0 Å². The highest BCUT2D eigenvalue weighted by molar-refractivity contribution is 5.49. The van der Waals surface area contributed by atoms with Crippen LogP contribution >= 0.6 is 0 Å². The second-order valence-electron chi connectivity index (χ2n) is 5.28. The fraction of sp³-hybridized carbons (Fsp3) is 0.267. The van der Waals surface area contributed by atoms with Crippen molar-refractivity contribution in [2.24, 2.45) is 0 Å². The second kappa shape index (κ2) is 5.05. The summed E-state index contributed by atoms with van der Waals surface area (Å²) in [6, 6.07) is 10.5. The fourth-order valence-electron chi connectivity index (χ4n) is 2.30. The first-order valence-electron chi connectivity index (χ1n) is 6.79. The largest absolute Gasteiger partial charge is 0.366 e. The molecule has 0 fully saturated rings. The predicted octanol–water partition coefficient (Wildman–Crippen LogP) is 1.96. The quantitative estimate of drug-likeness (QED) is 0.795. The normalized spacial score (nSPS) is 11.0. The van der Waals surface area contributed by atoms with Gasteiger partial charge in [0, 0.05) is 25.4 Å². The summed E-state index contributed by atoms with van der Waals surface area (Å²) in [5.41, 5.74) is 9.06. The molecule has 0 spiro atoms. The molecule has 2 heterocycles. The van der Waals surface area contributed by atoms with Gasteiger partial charge in [0.05, 0.1) is 0 Å². The molecule has 0 amide bonds. The topological polar surface area (TPSA) is 72.3 Å². The van der Waals surface area contributed by atoms with Gasteiger partial charge in [-0.05, 0) is 19.4 Å².